The fourth-order valence-corrected chi connectivity index (χ4v) is 2.33. The fraction of sp³-hybridized carbons (Fsp3) is 0.375. The van der Waals surface area contributed by atoms with Crippen LogP contribution in [0.5, 0.6) is 0 Å². The van der Waals surface area contributed by atoms with E-state index in [1.165, 1.54) is 0 Å². The lowest BCUT2D eigenvalue weighted by molar-refractivity contribution is 0.0694. The summed E-state index contributed by atoms with van der Waals surface area (Å²) in [5.41, 5.74) is 2.87. The van der Waals surface area contributed by atoms with Crippen LogP contribution in [-0.4, -0.2) is 20.9 Å². The van der Waals surface area contributed by atoms with Crippen molar-refractivity contribution in [3.63, 3.8) is 0 Å². The van der Waals surface area contributed by atoms with Crippen LogP contribution in [0, 0.1) is 12.8 Å². The molecular weight excluding hydrogens is 252 g/mol. The van der Waals surface area contributed by atoms with Gasteiger partial charge in [-0.15, -0.1) is 0 Å². The topological polar surface area (TPSA) is 55.1 Å². The molecule has 2 aromatic rings. The first-order valence-electron chi connectivity index (χ1n) is 6.82. The van der Waals surface area contributed by atoms with Gasteiger partial charge in [-0.25, -0.2) is 4.79 Å². The Morgan fingerprint density at radius 1 is 1.30 bits per heavy atom. The second-order valence-electron chi connectivity index (χ2n) is 5.45. The smallest absolute Gasteiger partial charge is 0.339 e. The van der Waals surface area contributed by atoms with Crippen LogP contribution in [0.3, 0.4) is 0 Å². The molecule has 0 bridgehead atoms. The molecule has 4 nitrogen and oxygen atoms in total. The summed E-state index contributed by atoms with van der Waals surface area (Å²) in [4.78, 5) is 11.4. The zero-order valence-corrected chi connectivity index (χ0v) is 12.1. The molecule has 0 fully saturated rings. The van der Waals surface area contributed by atoms with E-state index in [1.807, 2.05) is 37.3 Å². The van der Waals surface area contributed by atoms with Crippen molar-refractivity contribution in [2.45, 2.75) is 33.7 Å². The number of aromatic nitrogens is 2. The Balaban J connectivity index is 2.37. The van der Waals surface area contributed by atoms with Crippen LogP contribution in [-0.2, 0) is 13.0 Å². The van der Waals surface area contributed by atoms with Gasteiger partial charge in [0.25, 0.3) is 0 Å². The Bertz CT molecular complexity index is 600. The third-order valence-corrected chi connectivity index (χ3v) is 3.27. The lowest BCUT2D eigenvalue weighted by atomic mass is 10.0. The van der Waals surface area contributed by atoms with Gasteiger partial charge in [-0.05, 0) is 24.8 Å². The van der Waals surface area contributed by atoms with E-state index < -0.39 is 5.97 Å². The van der Waals surface area contributed by atoms with Crippen molar-refractivity contribution in [2.75, 3.05) is 0 Å². The van der Waals surface area contributed by atoms with Gasteiger partial charge in [0.15, 0.2) is 0 Å². The first-order valence-corrected chi connectivity index (χ1v) is 6.82. The summed E-state index contributed by atoms with van der Waals surface area (Å²) >= 11 is 0. The SMILES string of the molecule is Cc1c(C(=O)O)c(CC(C)C)nn1Cc1ccccc1. The molecule has 0 unspecified atom stereocenters. The minimum Gasteiger partial charge on any atom is -0.478 e. The molecule has 0 radical (unpaired) electrons. The molecule has 0 aliphatic heterocycles. The van der Waals surface area contributed by atoms with Crippen molar-refractivity contribution in [2.24, 2.45) is 5.92 Å². The van der Waals surface area contributed by atoms with E-state index in [2.05, 4.69) is 18.9 Å². The van der Waals surface area contributed by atoms with E-state index in [1.54, 1.807) is 4.68 Å². The summed E-state index contributed by atoms with van der Waals surface area (Å²) in [5, 5.41) is 13.9. The minimum atomic E-state index is -0.891. The van der Waals surface area contributed by atoms with Gasteiger partial charge in [0, 0.05) is 0 Å². The normalized spacial score (nSPS) is 11.0. The zero-order valence-electron chi connectivity index (χ0n) is 12.1. The average molecular weight is 272 g/mol. The molecule has 2 rings (SSSR count). The zero-order chi connectivity index (χ0) is 14.7. The van der Waals surface area contributed by atoms with E-state index in [0.717, 1.165) is 11.3 Å². The number of nitrogens with zero attached hydrogens (tertiary/aromatic N) is 2. The highest BCUT2D eigenvalue weighted by molar-refractivity contribution is 5.90. The van der Waals surface area contributed by atoms with Crippen molar-refractivity contribution in [3.05, 3.63) is 52.8 Å². The first kappa shape index (κ1) is 14.3. The van der Waals surface area contributed by atoms with Crippen LogP contribution in [0.25, 0.3) is 0 Å². The molecule has 0 aliphatic rings. The van der Waals surface area contributed by atoms with Crippen LogP contribution < -0.4 is 0 Å². The van der Waals surface area contributed by atoms with Crippen molar-refractivity contribution in [1.29, 1.82) is 0 Å². The predicted octanol–water partition coefficient (Wildman–Crippen LogP) is 3.14. The molecule has 0 saturated carbocycles. The molecule has 0 saturated heterocycles. The molecule has 106 valence electrons. The van der Waals surface area contributed by atoms with Crippen molar-refractivity contribution >= 4 is 5.97 Å². The molecule has 0 spiro atoms. The number of rotatable bonds is 5. The Hall–Kier alpha value is -2.10. The number of aromatic carboxylic acids is 1. The Kier molecular flexibility index (Phi) is 4.23. The van der Waals surface area contributed by atoms with Crippen LogP contribution in [0.15, 0.2) is 30.3 Å². The Morgan fingerprint density at radius 3 is 2.50 bits per heavy atom. The maximum absolute atomic E-state index is 11.4. The van der Waals surface area contributed by atoms with E-state index in [-0.39, 0.29) is 0 Å². The van der Waals surface area contributed by atoms with Crippen LogP contribution in [0.2, 0.25) is 0 Å². The van der Waals surface area contributed by atoms with Gasteiger partial charge < -0.3 is 5.11 Å². The summed E-state index contributed by atoms with van der Waals surface area (Å²) in [7, 11) is 0. The largest absolute Gasteiger partial charge is 0.478 e. The highest BCUT2D eigenvalue weighted by Crippen LogP contribution is 2.18. The molecule has 0 aliphatic carbocycles. The second-order valence-corrected chi connectivity index (χ2v) is 5.45. The van der Waals surface area contributed by atoms with E-state index in [4.69, 9.17) is 0 Å². The van der Waals surface area contributed by atoms with E-state index in [9.17, 15) is 9.90 Å². The van der Waals surface area contributed by atoms with Gasteiger partial charge in [-0.1, -0.05) is 44.2 Å². The monoisotopic (exact) mass is 272 g/mol. The van der Waals surface area contributed by atoms with Crippen LogP contribution in [0.1, 0.15) is 41.2 Å². The lowest BCUT2D eigenvalue weighted by Gasteiger charge is -2.04. The third kappa shape index (κ3) is 3.07. The summed E-state index contributed by atoms with van der Waals surface area (Å²) < 4.78 is 1.79. The summed E-state index contributed by atoms with van der Waals surface area (Å²) in [6.07, 6.45) is 0.685. The molecule has 1 aromatic carbocycles. The maximum Gasteiger partial charge on any atom is 0.339 e. The molecule has 20 heavy (non-hydrogen) atoms. The number of carboxylic acid groups (broad SMARTS) is 1. The molecule has 0 atom stereocenters. The molecule has 1 N–H and O–H groups in total. The number of hydrogen-bond donors (Lipinski definition) is 1. The van der Waals surface area contributed by atoms with E-state index in [0.29, 0.717) is 30.1 Å². The van der Waals surface area contributed by atoms with Crippen LogP contribution >= 0.6 is 0 Å². The van der Waals surface area contributed by atoms with E-state index >= 15 is 0 Å². The molecule has 4 heteroatoms. The Labute approximate surface area is 119 Å². The van der Waals surface area contributed by atoms with Gasteiger partial charge in [0.05, 0.1) is 17.9 Å². The molecular formula is C16H20N2O2. The number of carboxylic acids is 1. The summed E-state index contributed by atoms with van der Waals surface area (Å²) in [6, 6.07) is 9.95. The third-order valence-electron chi connectivity index (χ3n) is 3.27. The van der Waals surface area contributed by atoms with Crippen molar-refractivity contribution < 1.29 is 9.90 Å². The molecule has 0 amide bonds. The molecule has 1 aromatic heterocycles. The summed E-state index contributed by atoms with van der Waals surface area (Å²) in [5.74, 6) is -0.509. The number of benzene rings is 1. The van der Waals surface area contributed by atoms with Gasteiger partial charge in [0.1, 0.15) is 5.56 Å². The predicted molar refractivity (Wildman–Crippen MR) is 78.0 cm³/mol. The standard InChI is InChI=1S/C16H20N2O2/c1-11(2)9-14-15(16(19)20)12(3)18(17-14)10-13-7-5-4-6-8-13/h4-8,11H,9-10H2,1-3H3,(H,19,20). The van der Waals surface area contributed by atoms with Gasteiger partial charge in [-0.2, -0.15) is 5.10 Å². The fourth-order valence-electron chi connectivity index (χ4n) is 2.33. The van der Waals surface area contributed by atoms with Crippen molar-refractivity contribution in [1.82, 2.24) is 9.78 Å². The van der Waals surface area contributed by atoms with Crippen LogP contribution in [0.4, 0.5) is 0 Å². The van der Waals surface area contributed by atoms with Crippen molar-refractivity contribution in [3.8, 4) is 0 Å². The highest BCUT2D eigenvalue weighted by Gasteiger charge is 2.21. The average Bonchev–Trinajstić information content (AvgIpc) is 2.66. The maximum atomic E-state index is 11.4. The lowest BCUT2D eigenvalue weighted by Crippen LogP contribution is -2.05. The number of carbonyl (C=O) groups is 1. The first-order chi connectivity index (χ1) is 9.49. The van der Waals surface area contributed by atoms with Gasteiger partial charge in [0.2, 0.25) is 0 Å². The van der Waals surface area contributed by atoms with Gasteiger partial charge >= 0.3 is 5.97 Å². The quantitative estimate of drug-likeness (QED) is 0.909. The Morgan fingerprint density at radius 2 is 1.95 bits per heavy atom. The van der Waals surface area contributed by atoms with Gasteiger partial charge in [-0.3, -0.25) is 4.68 Å². The summed E-state index contributed by atoms with van der Waals surface area (Å²) in [6.45, 7) is 6.56. The molecule has 1 heterocycles. The second kappa shape index (κ2) is 5.90. The number of hydrogen-bond acceptors (Lipinski definition) is 2. The highest BCUT2D eigenvalue weighted by atomic mass is 16.4. The minimum absolute atomic E-state index is 0.356.